The molecule has 1 aliphatic heterocycles. The van der Waals surface area contributed by atoms with E-state index in [9.17, 15) is 9.90 Å². The molecular formula is C14H17NO2. The van der Waals surface area contributed by atoms with Crippen molar-refractivity contribution < 1.29 is 9.90 Å². The molecule has 0 unspecified atom stereocenters. The first-order chi connectivity index (χ1) is 8.14. The van der Waals surface area contributed by atoms with Crippen LogP contribution in [0.15, 0.2) is 43.0 Å². The molecule has 90 valence electrons. The van der Waals surface area contributed by atoms with Crippen LogP contribution < -0.4 is 0 Å². The van der Waals surface area contributed by atoms with Gasteiger partial charge in [-0.1, -0.05) is 24.3 Å². The number of carbonyl (C=O) groups excluding carboxylic acids is 1. The predicted molar refractivity (Wildman–Crippen MR) is 66.7 cm³/mol. The molecule has 0 spiro atoms. The Bertz CT molecular complexity index is 405. The van der Waals surface area contributed by atoms with E-state index in [1.165, 1.54) is 0 Å². The third-order valence-corrected chi connectivity index (χ3v) is 3.32. The first-order valence-electron chi connectivity index (χ1n) is 5.85. The van der Waals surface area contributed by atoms with Gasteiger partial charge in [-0.05, 0) is 25.0 Å². The Labute approximate surface area is 101 Å². The third kappa shape index (κ3) is 2.56. The van der Waals surface area contributed by atoms with Gasteiger partial charge in [0, 0.05) is 18.7 Å². The Morgan fingerprint density at radius 2 is 1.88 bits per heavy atom. The zero-order valence-electron chi connectivity index (χ0n) is 9.80. The molecule has 0 bridgehead atoms. The molecule has 1 aromatic carbocycles. The lowest BCUT2D eigenvalue weighted by Gasteiger charge is -2.36. The van der Waals surface area contributed by atoms with Gasteiger partial charge in [-0.15, -0.1) is 6.58 Å². The number of piperidine rings is 1. The number of hydrogen-bond acceptors (Lipinski definition) is 2. The summed E-state index contributed by atoms with van der Waals surface area (Å²) in [5.41, 5.74) is -0.0930. The summed E-state index contributed by atoms with van der Waals surface area (Å²) in [6, 6.07) is 9.24. The molecule has 1 aliphatic rings. The highest BCUT2D eigenvalue weighted by molar-refractivity contribution is 5.94. The first-order valence-corrected chi connectivity index (χ1v) is 5.85. The van der Waals surface area contributed by atoms with E-state index < -0.39 is 5.60 Å². The molecule has 0 saturated carbocycles. The fourth-order valence-corrected chi connectivity index (χ4v) is 2.06. The zero-order valence-corrected chi connectivity index (χ0v) is 9.80. The van der Waals surface area contributed by atoms with Crippen molar-refractivity contribution in [1.29, 1.82) is 0 Å². The van der Waals surface area contributed by atoms with Crippen LogP contribution in [0.4, 0.5) is 0 Å². The van der Waals surface area contributed by atoms with E-state index in [0.29, 0.717) is 31.5 Å². The second-order valence-corrected chi connectivity index (χ2v) is 4.47. The standard InChI is InChI=1S/C14H17NO2/c1-2-14(17)8-10-15(11-9-14)13(16)12-6-4-3-5-7-12/h2-7,17H,1,8-11H2. The Kier molecular flexibility index (Phi) is 3.29. The van der Waals surface area contributed by atoms with Gasteiger partial charge in [0.2, 0.25) is 0 Å². The van der Waals surface area contributed by atoms with Gasteiger partial charge in [0.25, 0.3) is 5.91 Å². The van der Waals surface area contributed by atoms with Gasteiger partial charge in [-0.25, -0.2) is 0 Å². The highest BCUT2D eigenvalue weighted by Crippen LogP contribution is 2.23. The summed E-state index contributed by atoms with van der Waals surface area (Å²) in [6.45, 7) is 4.79. The quantitative estimate of drug-likeness (QED) is 0.789. The number of amides is 1. The Morgan fingerprint density at radius 3 is 2.41 bits per heavy atom. The Morgan fingerprint density at radius 1 is 1.29 bits per heavy atom. The van der Waals surface area contributed by atoms with Gasteiger partial charge < -0.3 is 10.0 Å². The van der Waals surface area contributed by atoms with E-state index in [2.05, 4.69) is 6.58 Å². The number of likely N-dealkylation sites (tertiary alicyclic amines) is 1. The predicted octanol–water partition coefficient (Wildman–Crippen LogP) is 1.84. The van der Waals surface area contributed by atoms with Crippen molar-refractivity contribution in [2.75, 3.05) is 13.1 Å². The van der Waals surface area contributed by atoms with Crippen molar-refractivity contribution >= 4 is 5.91 Å². The van der Waals surface area contributed by atoms with Crippen LogP contribution in [0.5, 0.6) is 0 Å². The van der Waals surface area contributed by atoms with E-state index in [1.54, 1.807) is 11.0 Å². The second kappa shape index (κ2) is 4.72. The summed E-state index contributed by atoms with van der Waals surface area (Å²) in [5.74, 6) is 0.0386. The Hall–Kier alpha value is -1.61. The van der Waals surface area contributed by atoms with Gasteiger partial charge >= 0.3 is 0 Å². The SMILES string of the molecule is C=CC1(O)CCN(C(=O)c2ccccc2)CC1. The number of benzene rings is 1. The summed E-state index contributed by atoms with van der Waals surface area (Å²) in [5, 5.41) is 9.99. The summed E-state index contributed by atoms with van der Waals surface area (Å²) < 4.78 is 0. The van der Waals surface area contributed by atoms with Crippen LogP contribution >= 0.6 is 0 Å². The fraction of sp³-hybridized carbons (Fsp3) is 0.357. The molecule has 0 aliphatic carbocycles. The molecular weight excluding hydrogens is 214 g/mol. The molecule has 17 heavy (non-hydrogen) atoms. The van der Waals surface area contributed by atoms with Crippen LogP contribution in [0.3, 0.4) is 0 Å². The Balaban J connectivity index is 2.02. The van der Waals surface area contributed by atoms with Crippen LogP contribution in [0.1, 0.15) is 23.2 Å². The molecule has 2 rings (SSSR count). The molecule has 1 fully saturated rings. The highest BCUT2D eigenvalue weighted by Gasteiger charge is 2.31. The molecule has 1 heterocycles. The maximum atomic E-state index is 12.1. The van der Waals surface area contributed by atoms with Gasteiger partial charge in [0.1, 0.15) is 0 Å². The lowest BCUT2D eigenvalue weighted by Crippen LogP contribution is -2.45. The third-order valence-electron chi connectivity index (χ3n) is 3.32. The van der Waals surface area contributed by atoms with Crippen molar-refractivity contribution in [2.45, 2.75) is 18.4 Å². The largest absolute Gasteiger partial charge is 0.386 e. The van der Waals surface area contributed by atoms with E-state index in [-0.39, 0.29) is 5.91 Å². The zero-order chi connectivity index (χ0) is 12.3. The summed E-state index contributed by atoms with van der Waals surface area (Å²) >= 11 is 0. The maximum absolute atomic E-state index is 12.1. The lowest BCUT2D eigenvalue weighted by atomic mass is 9.91. The molecule has 3 heteroatoms. The number of nitrogens with zero attached hydrogens (tertiary/aromatic N) is 1. The van der Waals surface area contributed by atoms with Gasteiger partial charge in [-0.3, -0.25) is 4.79 Å². The van der Waals surface area contributed by atoms with Gasteiger partial charge in [0.15, 0.2) is 0 Å². The van der Waals surface area contributed by atoms with Crippen LogP contribution in [-0.2, 0) is 0 Å². The molecule has 1 saturated heterocycles. The van der Waals surface area contributed by atoms with Crippen molar-refractivity contribution in [1.82, 2.24) is 4.90 Å². The fourth-order valence-electron chi connectivity index (χ4n) is 2.06. The molecule has 1 N–H and O–H groups in total. The molecule has 0 aromatic heterocycles. The van der Waals surface area contributed by atoms with Crippen LogP contribution in [0, 0.1) is 0 Å². The molecule has 1 aromatic rings. The number of carbonyl (C=O) groups is 1. The maximum Gasteiger partial charge on any atom is 0.253 e. The van der Waals surface area contributed by atoms with Crippen molar-refractivity contribution in [2.24, 2.45) is 0 Å². The number of rotatable bonds is 2. The minimum atomic E-state index is -0.798. The summed E-state index contributed by atoms with van der Waals surface area (Å²) in [4.78, 5) is 13.9. The highest BCUT2D eigenvalue weighted by atomic mass is 16.3. The molecule has 0 atom stereocenters. The van der Waals surface area contributed by atoms with Crippen molar-refractivity contribution in [3.05, 3.63) is 48.6 Å². The number of aliphatic hydroxyl groups is 1. The van der Waals surface area contributed by atoms with E-state index in [4.69, 9.17) is 0 Å². The minimum Gasteiger partial charge on any atom is -0.386 e. The number of hydrogen-bond donors (Lipinski definition) is 1. The summed E-state index contributed by atoms with van der Waals surface area (Å²) in [7, 11) is 0. The van der Waals surface area contributed by atoms with Gasteiger partial charge in [-0.2, -0.15) is 0 Å². The monoisotopic (exact) mass is 231 g/mol. The lowest BCUT2D eigenvalue weighted by molar-refractivity contribution is 0.0189. The van der Waals surface area contributed by atoms with Crippen LogP contribution in [0.2, 0.25) is 0 Å². The topological polar surface area (TPSA) is 40.5 Å². The average Bonchev–Trinajstić information content (AvgIpc) is 2.40. The van der Waals surface area contributed by atoms with Crippen molar-refractivity contribution in [3.8, 4) is 0 Å². The van der Waals surface area contributed by atoms with Crippen LogP contribution in [0.25, 0.3) is 0 Å². The van der Waals surface area contributed by atoms with Crippen molar-refractivity contribution in [3.63, 3.8) is 0 Å². The average molecular weight is 231 g/mol. The minimum absolute atomic E-state index is 0.0386. The molecule has 3 nitrogen and oxygen atoms in total. The normalized spacial score (nSPS) is 18.8. The van der Waals surface area contributed by atoms with E-state index in [1.807, 2.05) is 30.3 Å². The van der Waals surface area contributed by atoms with Gasteiger partial charge in [0.05, 0.1) is 5.60 Å². The second-order valence-electron chi connectivity index (χ2n) is 4.47. The summed E-state index contributed by atoms with van der Waals surface area (Å²) in [6.07, 6.45) is 2.71. The van der Waals surface area contributed by atoms with E-state index >= 15 is 0 Å². The molecule has 1 amide bonds. The smallest absolute Gasteiger partial charge is 0.253 e. The first kappa shape index (κ1) is 11.9. The van der Waals surface area contributed by atoms with E-state index in [0.717, 1.165) is 0 Å². The molecule has 0 radical (unpaired) electrons. The van der Waals surface area contributed by atoms with Crippen LogP contribution in [-0.4, -0.2) is 34.6 Å².